The summed E-state index contributed by atoms with van der Waals surface area (Å²) >= 11 is 0. The zero-order valence-electron chi connectivity index (χ0n) is 14.3. The number of sulfone groups is 1. The summed E-state index contributed by atoms with van der Waals surface area (Å²) in [6, 6.07) is 10.2. The third-order valence-corrected chi connectivity index (χ3v) is 5.62. The molecule has 3 aromatic rings. The largest absolute Gasteiger partial charge is 0.362 e. The average molecular weight is 366 g/mol. The molecule has 0 saturated heterocycles. The van der Waals surface area contributed by atoms with Crippen molar-refractivity contribution in [2.75, 3.05) is 11.6 Å². The van der Waals surface area contributed by atoms with Crippen LogP contribution in [0.4, 0.5) is 5.82 Å². The van der Waals surface area contributed by atoms with Crippen LogP contribution in [0.2, 0.25) is 0 Å². The van der Waals surface area contributed by atoms with Gasteiger partial charge in [0, 0.05) is 24.2 Å². The number of aryl methyl sites for hydroxylation is 1. The van der Waals surface area contributed by atoms with Crippen LogP contribution in [0.1, 0.15) is 23.6 Å². The van der Waals surface area contributed by atoms with E-state index in [1.54, 1.807) is 24.7 Å². The van der Waals surface area contributed by atoms with Crippen LogP contribution in [-0.4, -0.2) is 29.6 Å². The van der Waals surface area contributed by atoms with Gasteiger partial charge >= 0.3 is 0 Å². The maximum absolute atomic E-state index is 11.7. The fourth-order valence-corrected chi connectivity index (χ4v) is 3.79. The first-order valence-corrected chi connectivity index (χ1v) is 10.2. The smallest absolute Gasteiger partial charge is 0.177 e. The van der Waals surface area contributed by atoms with Crippen LogP contribution in [0.3, 0.4) is 0 Å². The lowest BCUT2D eigenvalue weighted by Crippen LogP contribution is -2.08. The third-order valence-electron chi connectivity index (χ3n) is 4.54. The van der Waals surface area contributed by atoms with Crippen LogP contribution in [0.15, 0.2) is 60.0 Å². The van der Waals surface area contributed by atoms with Crippen LogP contribution < -0.4 is 5.32 Å². The highest BCUT2D eigenvalue weighted by molar-refractivity contribution is 7.90. The van der Waals surface area contributed by atoms with Crippen LogP contribution in [0.25, 0.3) is 11.3 Å². The van der Waals surface area contributed by atoms with E-state index in [4.69, 9.17) is 0 Å². The molecule has 6 nitrogen and oxygen atoms in total. The molecule has 1 N–H and O–H groups in total. The number of aromatic nitrogens is 3. The molecule has 2 heterocycles. The number of anilines is 1. The number of hydrogen-bond acceptors (Lipinski definition) is 6. The minimum Gasteiger partial charge on any atom is -0.362 e. The lowest BCUT2D eigenvalue weighted by Gasteiger charge is -2.14. The quantitative estimate of drug-likeness (QED) is 0.764. The van der Waals surface area contributed by atoms with Gasteiger partial charge in [-0.1, -0.05) is 24.3 Å². The highest BCUT2D eigenvalue weighted by atomic mass is 32.2. The molecule has 7 heteroatoms. The van der Waals surface area contributed by atoms with Crippen molar-refractivity contribution in [3.05, 3.63) is 66.2 Å². The van der Waals surface area contributed by atoms with Crippen LogP contribution in [0, 0.1) is 0 Å². The Kier molecular flexibility index (Phi) is 4.16. The number of fused-ring (bicyclic) bond motifs is 1. The van der Waals surface area contributed by atoms with E-state index in [1.165, 1.54) is 17.3 Å². The van der Waals surface area contributed by atoms with Crippen molar-refractivity contribution in [3.63, 3.8) is 0 Å². The third kappa shape index (κ3) is 3.30. The normalized spacial score (nSPS) is 16.3. The zero-order valence-corrected chi connectivity index (χ0v) is 15.1. The molecular formula is C19H18N4O2S. The summed E-state index contributed by atoms with van der Waals surface area (Å²) in [6.45, 7) is 0. The van der Waals surface area contributed by atoms with Crippen molar-refractivity contribution in [2.45, 2.75) is 23.8 Å². The zero-order chi connectivity index (χ0) is 18.1. The van der Waals surface area contributed by atoms with Gasteiger partial charge < -0.3 is 5.32 Å². The summed E-state index contributed by atoms with van der Waals surface area (Å²) in [6.07, 6.45) is 9.47. The van der Waals surface area contributed by atoms with Gasteiger partial charge in [-0.15, -0.1) is 0 Å². The Morgan fingerprint density at radius 2 is 1.92 bits per heavy atom. The van der Waals surface area contributed by atoms with Gasteiger partial charge in [-0.05, 0) is 30.0 Å². The van der Waals surface area contributed by atoms with Crippen molar-refractivity contribution in [1.82, 2.24) is 15.0 Å². The SMILES string of the molecule is CS(=O)(=O)c1cncc(-c2cnc(N[C@@H]3CCc4ccccc43)cn2)c1. The van der Waals surface area contributed by atoms with Crippen LogP contribution in [0.5, 0.6) is 0 Å². The number of nitrogens with one attached hydrogen (secondary N) is 1. The minimum absolute atomic E-state index is 0.168. The Hall–Kier alpha value is -2.80. The highest BCUT2D eigenvalue weighted by Gasteiger charge is 2.22. The summed E-state index contributed by atoms with van der Waals surface area (Å²) in [5.74, 6) is 0.697. The standard InChI is InChI=1S/C19H18N4O2S/c1-26(24,25)15-8-14(9-20-10-15)18-11-22-19(12-21-18)23-17-7-6-13-4-2-3-5-16(13)17/h2-5,8-12,17H,6-7H2,1H3,(H,22,23)/t17-/m1/s1. The maximum Gasteiger partial charge on any atom is 0.177 e. The molecular weight excluding hydrogens is 348 g/mol. The molecule has 0 radical (unpaired) electrons. The first-order chi connectivity index (χ1) is 12.5. The summed E-state index contributed by atoms with van der Waals surface area (Å²) in [5.41, 5.74) is 3.89. The molecule has 1 atom stereocenters. The van der Waals surface area contributed by atoms with E-state index >= 15 is 0 Å². The van der Waals surface area contributed by atoms with Crippen molar-refractivity contribution in [1.29, 1.82) is 0 Å². The van der Waals surface area contributed by atoms with E-state index in [-0.39, 0.29) is 10.9 Å². The summed E-state index contributed by atoms with van der Waals surface area (Å²) in [7, 11) is -3.31. The van der Waals surface area contributed by atoms with Crippen LogP contribution in [-0.2, 0) is 16.3 Å². The molecule has 0 saturated carbocycles. The molecule has 0 aliphatic heterocycles. The first kappa shape index (κ1) is 16.7. The van der Waals surface area contributed by atoms with Crippen molar-refractivity contribution >= 4 is 15.7 Å². The van der Waals surface area contributed by atoms with Gasteiger partial charge in [0.15, 0.2) is 9.84 Å². The molecule has 0 unspecified atom stereocenters. The van der Waals surface area contributed by atoms with Gasteiger partial charge in [0.05, 0.1) is 29.0 Å². The Morgan fingerprint density at radius 1 is 1.08 bits per heavy atom. The molecule has 0 bridgehead atoms. The van der Waals surface area contributed by atoms with E-state index in [0.717, 1.165) is 19.1 Å². The topological polar surface area (TPSA) is 84.8 Å². The van der Waals surface area contributed by atoms with E-state index < -0.39 is 9.84 Å². The Bertz CT molecular complexity index is 1050. The second-order valence-electron chi connectivity index (χ2n) is 6.40. The monoisotopic (exact) mass is 366 g/mol. The summed E-state index contributed by atoms with van der Waals surface area (Å²) in [4.78, 5) is 13.0. The fourth-order valence-electron chi connectivity index (χ4n) is 3.20. The summed E-state index contributed by atoms with van der Waals surface area (Å²) < 4.78 is 23.4. The number of nitrogens with zero attached hydrogens (tertiary/aromatic N) is 3. The Balaban J connectivity index is 1.55. The van der Waals surface area contributed by atoms with Gasteiger partial charge in [-0.3, -0.25) is 9.97 Å². The molecule has 0 spiro atoms. The van der Waals surface area contributed by atoms with Gasteiger partial charge in [0.1, 0.15) is 5.82 Å². The molecule has 1 aromatic carbocycles. The molecule has 132 valence electrons. The van der Waals surface area contributed by atoms with Gasteiger partial charge in [0.25, 0.3) is 0 Å². The highest BCUT2D eigenvalue weighted by Crippen LogP contribution is 2.33. The maximum atomic E-state index is 11.7. The van der Waals surface area contributed by atoms with Crippen LogP contribution >= 0.6 is 0 Å². The predicted molar refractivity (Wildman–Crippen MR) is 99.5 cm³/mol. The van der Waals surface area contributed by atoms with E-state index in [1.807, 2.05) is 0 Å². The minimum atomic E-state index is -3.31. The Labute approximate surface area is 152 Å². The predicted octanol–water partition coefficient (Wildman–Crippen LogP) is 3.04. The van der Waals surface area contributed by atoms with Gasteiger partial charge in [0.2, 0.25) is 0 Å². The molecule has 0 amide bonds. The first-order valence-electron chi connectivity index (χ1n) is 8.32. The lowest BCUT2D eigenvalue weighted by atomic mass is 10.1. The molecule has 0 fully saturated rings. The van der Waals surface area contributed by atoms with Gasteiger partial charge in [-0.2, -0.15) is 0 Å². The number of pyridine rings is 1. The van der Waals surface area contributed by atoms with Gasteiger partial charge in [-0.25, -0.2) is 13.4 Å². The molecule has 1 aliphatic carbocycles. The molecule has 26 heavy (non-hydrogen) atoms. The number of rotatable bonds is 4. The lowest BCUT2D eigenvalue weighted by molar-refractivity contribution is 0.601. The van der Waals surface area contributed by atoms with E-state index in [0.29, 0.717) is 17.1 Å². The number of benzene rings is 1. The van der Waals surface area contributed by atoms with Crippen molar-refractivity contribution < 1.29 is 8.42 Å². The molecule has 2 aromatic heterocycles. The van der Waals surface area contributed by atoms with E-state index in [2.05, 4.69) is 44.5 Å². The molecule has 1 aliphatic rings. The molecule has 4 rings (SSSR count). The fraction of sp³-hybridized carbons (Fsp3) is 0.211. The summed E-state index contributed by atoms with van der Waals surface area (Å²) in [5, 5.41) is 3.43. The van der Waals surface area contributed by atoms with Crippen molar-refractivity contribution in [3.8, 4) is 11.3 Å². The second kappa shape index (κ2) is 6.49. The van der Waals surface area contributed by atoms with E-state index in [9.17, 15) is 8.42 Å². The number of hydrogen-bond donors (Lipinski definition) is 1. The van der Waals surface area contributed by atoms with Crippen molar-refractivity contribution in [2.24, 2.45) is 0 Å². The Morgan fingerprint density at radius 3 is 2.69 bits per heavy atom. The average Bonchev–Trinajstić information content (AvgIpc) is 3.05. The second-order valence-corrected chi connectivity index (χ2v) is 8.42.